The van der Waals surface area contributed by atoms with E-state index in [0.29, 0.717) is 6.42 Å². The van der Waals surface area contributed by atoms with Gasteiger partial charge in [0.05, 0.1) is 6.10 Å². The van der Waals surface area contributed by atoms with Gasteiger partial charge in [0.15, 0.2) is 0 Å². The fourth-order valence-electron chi connectivity index (χ4n) is 3.34. The summed E-state index contributed by atoms with van der Waals surface area (Å²) in [6.45, 7) is 0. The van der Waals surface area contributed by atoms with Crippen molar-refractivity contribution in [1.29, 1.82) is 0 Å². The Hall–Kier alpha value is -0.820. The van der Waals surface area contributed by atoms with E-state index < -0.39 is 15.3 Å². The van der Waals surface area contributed by atoms with E-state index in [4.69, 9.17) is 4.74 Å². The van der Waals surface area contributed by atoms with Gasteiger partial charge in [-0.25, -0.2) is 8.42 Å². The molecule has 0 aromatic rings. The minimum absolute atomic E-state index is 0.146. The van der Waals surface area contributed by atoms with E-state index in [-0.39, 0.29) is 24.3 Å². The lowest BCUT2D eigenvalue weighted by atomic mass is 9.93. The molecular weight excluding hydrogens is 280 g/mol. The van der Waals surface area contributed by atoms with E-state index in [9.17, 15) is 13.5 Å². The Morgan fingerprint density at radius 1 is 1.10 bits per heavy atom. The number of nitrogens with zero attached hydrogens (tertiary/aromatic N) is 1. The smallest absolute Gasteiger partial charge is 0.301 e. The molecule has 2 unspecified atom stereocenters. The lowest BCUT2D eigenvalue weighted by molar-refractivity contribution is 0.109. The minimum Gasteiger partial charge on any atom is -0.460 e. The summed E-state index contributed by atoms with van der Waals surface area (Å²) in [5, 5.41) is 12.1. The van der Waals surface area contributed by atoms with Crippen molar-refractivity contribution in [3.8, 4) is 0 Å². The van der Waals surface area contributed by atoms with Crippen LogP contribution in [0.3, 0.4) is 0 Å². The van der Waals surface area contributed by atoms with Crippen molar-refractivity contribution >= 4 is 16.0 Å². The predicted molar refractivity (Wildman–Crippen MR) is 74.9 cm³/mol. The van der Waals surface area contributed by atoms with Crippen molar-refractivity contribution in [2.45, 2.75) is 74.9 Å². The highest BCUT2D eigenvalue weighted by molar-refractivity contribution is 7.91. The number of ether oxygens (including phenoxy) is 1. The number of rotatable bonds is 1. The zero-order valence-corrected chi connectivity index (χ0v) is 12.3. The van der Waals surface area contributed by atoms with E-state index in [0.717, 1.165) is 44.9 Å². The molecule has 2 atom stereocenters. The summed E-state index contributed by atoms with van der Waals surface area (Å²) < 4.78 is 33.9. The summed E-state index contributed by atoms with van der Waals surface area (Å²) in [6.07, 6.45) is 6.02. The Balaban J connectivity index is 1.69. The molecule has 1 aliphatic heterocycles. The van der Waals surface area contributed by atoms with Gasteiger partial charge >= 0.3 is 6.02 Å². The van der Waals surface area contributed by atoms with Crippen LogP contribution in [0.25, 0.3) is 0 Å². The average molecular weight is 302 g/mol. The molecule has 0 spiro atoms. The topological polar surface area (TPSA) is 88.0 Å². The number of fused-ring (bicyclic) bond motifs is 1. The minimum atomic E-state index is -3.44. The first-order valence-corrected chi connectivity index (χ1v) is 9.00. The van der Waals surface area contributed by atoms with Crippen LogP contribution in [0, 0.1) is 0 Å². The highest BCUT2D eigenvalue weighted by Gasteiger charge is 2.41. The monoisotopic (exact) mass is 302 g/mol. The Morgan fingerprint density at radius 2 is 1.80 bits per heavy atom. The first kappa shape index (κ1) is 14.1. The van der Waals surface area contributed by atoms with Crippen LogP contribution in [0.5, 0.6) is 0 Å². The maximum atomic E-state index is 12.2. The molecule has 3 rings (SSSR count). The molecule has 114 valence electrons. The molecule has 1 heterocycles. The number of hydrogen-bond donors (Lipinski definition) is 2. The highest BCUT2D eigenvalue weighted by atomic mass is 32.2. The first-order chi connectivity index (χ1) is 9.54. The van der Waals surface area contributed by atoms with Gasteiger partial charge in [-0.15, -0.1) is 4.40 Å². The lowest BCUT2D eigenvalue weighted by Crippen LogP contribution is -2.49. The second kappa shape index (κ2) is 5.52. The van der Waals surface area contributed by atoms with Gasteiger partial charge in [-0.05, 0) is 44.9 Å². The number of sulfonamides is 1. The molecule has 0 aromatic carbocycles. The number of nitrogens with one attached hydrogen (secondary N) is 1. The largest absolute Gasteiger partial charge is 0.460 e. The highest BCUT2D eigenvalue weighted by Crippen LogP contribution is 2.31. The van der Waals surface area contributed by atoms with Crippen LogP contribution in [0.4, 0.5) is 0 Å². The fraction of sp³-hybridized carbons (Fsp3) is 0.923. The third-order valence-electron chi connectivity index (χ3n) is 4.52. The van der Waals surface area contributed by atoms with Gasteiger partial charge in [0.25, 0.3) is 10.0 Å². The van der Waals surface area contributed by atoms with E-state index in [1.54, 1.807) is 0 Å². The second-order valence-electron chi connectivity index (χ2n) is 6.04. The van der Waals surface area contributed by atoms with Gasteiger partial charge in [-0.3, -0.25) is 0 Å². The Morgan fingerprint density at radius 3 is 2.55 bits per heavy atom. The van der Waals surface area contributed by atoms with Crippen LogP contribution in [0.2, 0.25) is 0 Å². The van der Waals surface area contributed by atoms with Crippen LogP contribution in [-0.2, 0) is 14.8 Å². The molecule has 3 aliphatic rings. The van der Waals surface area contributed by atoms with Crippen molar-refractivity contribution in [1.82, 2.24) is 5.32 Å². The molecule has 2 saturated carbocycles. The van der Waals surface area contributed by atoms with E-state index in [1.165, 1.54) is 0 Å². The Bertz CT molecular complexity index is 483. The standard InChI is InChI=1S/C13H22N2O4S/c16-10-7-5-9(6-8-10)14-13-15-20(17,18)12-4-2-1-3-11(12)19-13/h9-12,16H,1-8H2,(H,14,15)/t9-,10-,11?,12?. The van der Waals surface area contributed by atoms with E-state index >= 15 is 0 Å². The van der Waals surface area contributed by atoms with Crippen molar-refractivity contribution in [3.05, 3.63) is 0 Å². The molecule has 0 aromatic heterocycles. The molecule has 2 fully saturated rings. The van der Waals surface area contributed by atoms with Crippen molar-refractivity contribution in [3.63, 3.8) is 0 Å². The first-order valence-electron chi connectivity index (χ1n) is 7.49. The summed E-state index contributed by atoms with van der Waals surface area (Å²) in [5.74, 6) is 0. The number of aliphatic hydroxyl groups excluding tert-OH is 1. The molecule has 0 amide bonds. The Labute approximate surface area is 119 Å². The summed E-state index contributed by atoms with van der Waals surface area (Å²) in [4.78, 5) is 0. The third kappa shape index (κ3) is 2.93. The molecule has 0 bridgehead atoms. The molecule has 0 radical (unpaired) electrons. The summed E-state index contributed by atoms with van der Waals surface area (Å²) >= 11 is 0. The van der Waals surface area contributed by atoms with Crippen molar-refractivity contribution in [2.75, 3.05) is 0 Å². The van der Waals surface area contributed by atoms with Gasteiger partial charge in [0, 0.05) is 6.04 Å². The normalized spacial score (nSPS) is 40.1. The Kier molecular flexibility index (Phi) is 3.90. The number of amidine groups is 1. The van der Waals surface area contributed by atoms with E-state index in [1.807, 2.05) is 0 Å². The van der Waals surface area contributed by atoms with Gasteiger partial charge in [-0.1, -0.05) is 6.42 Å². The van der Waals surface area contributed by atoms with Gasteiger partial charge in [0.2, 0.25) is 0 Å². The number of aliphatic hydroxyl groups is 1. The molecule has 6 nitrogen and oxygen atoms in total. The molecular formula is C13H22N2O4S. The molecule has 2 N–H and O–H groups in total. The summed E-state index contributed by atoms with van der Waals surface area (Å²) in [5.41, 5.74) is 0. The van der Waals surface area contributed by atoms with E-state index in [2.05, 4.69) is 9.71 Å². The van der Waals surface area contributed by atoms with Crippen LogP contribution in [0.1, 0.15) is 51.4 Å². The molecule has 2 aliphatic carbocycles. The molecule has 0 saturated heterocycles. The van der Waals surface area contributed by atoms with Crippen LogP contribution >= 0.6 is 0 Å². The van der Waals surface area contributed by atoms with Gasteiger partial charge in [-0.2, -0.15) is 0 Å². The molecule has 20 heavy (non-hydrogen) atoms. The zero-order chi connectivity index (χ0) is 14.2. The fourth-order valence-corrected chi connectivity index (χ4v) is 4.84. The zero-order valence-electron chi connectivity index (χ0n) is 11.5. The third-order valence-corrected chi connectivity index (χ3v) is 6.25. The van der Waals surface area contributed by atoms with Crippen LogP contribution in [0.15, 0.2) is 4.40 Å². The number of hydrogen-bond acceptors (Lipinski definition) is 5. The lowest BCUT2D eigenvalue weighted by Gasteiger charge is -2.35. The van der Waals surface area contributed by atoms with Crippen molar-refractivity contribution < 1.29 is 18.3 Å². The maximum Gasteiger partial charge on any atom is 0.301 e. The summed E-state index contributed by atoms with van der Waals surface area (Å²) in [7, 11) is -3.44. The predicted octanol–water partition coefficient (Wildman–Crippen LogP) is 0.907. The molecule has 7 heteroatoms. The quantitative estimate of drug-likeness (QED) is 0.751. The van der Waals surface area contributed by atoms with Crippen molar-refractivity contribution in [2.24, 2.45) is 4.40 Å². The average Bonchev–Trinajstić information content (AvgIpc) is 2.41. The maximum absolute atomic E-state index is 12.2. The van der Waals surface area contributed by atoms with Gasteiger partial charge < -0.3 is 15.2 Å². The van der Waals surface area contributed by atoms with Crippen LogP contribution in [-0.4, -0.2) is 43.0 Å². The second-order valence-corrected chi connectivity index (χ2v) is 7.86. The van der Waals surface area contributed by atoms with Gasteiger partial charge in [0.1, 0.15) is 11.4 Å². The SMILES string of the molecule is O=S1(=O)N=C(N[C@H]2CC[C@H](O)CC2)OC2CCCCC21. The summed E-state index contributed by atoms with van der Waals surface area (Å²) in [6, 6.07) is 0.307. The van der Waals surface area contributed by atoms with Crippen LogP contribution < -0.4 is 5.32 Å².